The zero-order valence-corrected chi connectivity index (χ0v) is 13.2. The lowest BCUT2D eigenvalue weighted by molar-refractivity contribution is 0.556. The van der Waals surface area contributed by atoms with E-state index < -0.39 is 19.9 Å². The summed E-state index contributed by atoms with van der Waals surface area (Å²) in [6.07, 6.45) is 1.62. The third kappa shape index (κ3) is 3.92. The molecule has 0 heterocycles. The van der Waals surface area contributed by atoms with Crippen molar-refractivity contribution in [2.45, 2.75) is 36.1 Å². The van der Waals surface area contributed by atoms with Gasteiger partial charge in [-0.1, -0.05) is 6.92 Å². The van der Waals surface area contributed by atoms with Crippen LogP contribution < -0.4 is 16.0 Å². The Morgan fingerprint density at radius 2 is 1.85 bits per heavy atom. The van der Waals surface area contributed by atoms with E-state index in [1.54, 1.807) is 6.92 Å². The van der Waals surface area contributed by atoms with Gasteiger partial charge in [0.2, 0.25) is 10.0 Å². The van der Waals surface area contributed by atoms with Crippen LogP contribution in [0.15, 0.2) is 28.0 Å². The van der Waals surface area contributed by atoms with Crippen LogP contribution in [0.1, 0.15) is 20.3 Å². The number of sulfonamides is 1. The van der Waals surface area contributed by atoms with Gasteiger partial charge in [0.1, 0.15) is 4.90 Å². The highest BCUT2D eigenvalue weighted by atomic mass is 32.2. The molecule has 7 nitrogen and oxygen atoms in total. The van der Waals surface area contributed by atoms with Crippen LogP contribution in [0.25, 0.3) is 0 Å². The first-order valence-corrected chi connectivity index (χ1v) is 9.32. The van der Waals surface area contributed by atoms with Crippen molar-refractivity contribution in [1.82, 2.24) is 4.72 Å². The van der Waals surface area contributed by atoms with Crippen molar-refractivity contribution in [3.05, 3.63) is 18.2 Å². The summed E-state index contributed by atoms with van der Waals surface area (Å²) in [5.41, 5.74) is 2.39. The number of nitrogen functional groups attached to an aromatic ring is 1. The van der Waals surface area contributed by atoms with Crippen LogP contribution in [0.3, 0.4) is 0 Å². The average molecular weight is 321 g/mol. The van der Waals surface area contributed by atoms with Gasteiger partial charge in [0.15, 0.2) is 9.84 Å². The van der Waals surface area contributed by atoms with Crippen LogP contribution in [0.5, 0.6) is 0 Å². The number of sulfone groups is 1. The molecule has 0 aliphatic rings. The fraction of sp³-hybridized carbons (Fsp3) is 0.455. The summed E-state index contributed by atoms with van der Waals surface area (Å²) in [4.78, 5) is -0.274. The van der Waals surface area contributed by atoms with Gasteiger partial charge in [0, 0.05) is 12.3 Å². The zero-order valence-electron chi connectivity index (χ0n) is 11.5. The number of anilines is 1. The van der Waals surface area contributed by atoms with Gasteiger partial charge < -0.3 is 5.43 Å². The van der Waals surface area contributed by atoms with Crippen molar-refractivity contribution >= 4 is 25.5 Å². The van der Waals surface area contributed by atoms with Crippen molar-refractivity contribution in [2.24, 2.45) is 5.84 Å². The quantitative estimate of drug-likeness (QED) is 0.517. The summed E-state index contributed by atoms with van der Waals surface area (Å²) in [6, 6.07) is 3.44. The number of hydrogen-bond acceptors (Lipinski definition) is 6. The maximum absolute atomic E-state index is 12.3. The second kappa shape index (κ2) is 6.08. The first-order chi connectivity index (χ1) is 9.11. The van der Waals surface area contributed by atoms with E-state index in [0.29, 0.717) is 6.42 Å². The van der Waals surface area contributed by atoms with Crippen molar-refractivity contribution in [3.63, 3.8) is 0 Å². The normalized spacial score (nSPS) is 14.0. The highest BCUT2D eigenvalue weighted by Gasteiger charge is 2.22. The molecule has 20 heavy (non-hydrogen) atoms. The number of nitrogens with two attached hydrogens (primary N) is 1. The third-order valence-corrected chi connectivity index (χ3v) is 5.53. The number of nitrogens with one attached hydrogen (secondary N) is 2. The number of hydrogen-bond donors (Lipinski definition) is 3. The lowest BCUT2D eigenvalue weighted by Crippen LogP contribution is -2.32. The molecule has 4 N–H and O–H groups in total. The Morgan fingerprint density at radius 1 is 1.25 bits per heavy atom. The maximum atomic E-state index is 12.3. The summed E-state index contributed by atoms with van der Waals surface area (Å²) < 4.78 is 50.0. The zero-order chi connectivity index (χ0) is 15.6. The summed E-state index contributed by atoms with van der Waals surface area (Å²) in [5, 5.41) is 0. The van der Waals surface area contributed by atoms with E-state index in [4.69, 9.17) is 5.84 Å². The van der Waals surface area contributed by atoms with Crippen LogP contribution in [0, 0.1) is 0 Å². The van der Waals surface area contributed by atoms with Crippen molar-refractivity contribution < 1.29 is 16.8 Å². The molecule has 114 valence electrons. The standard InChI is InChI=1S/C11H19N3O4S2/c1-4-8(2)14-20(17,18)11-7-9(19(3,15)16)5-6-10(11)13-12/h5-8,13-14H,4,12H2,1-3H3. The molecular formula is C11H19N3O4S2. The highest BCUT2D eigenvalue weighted by Crippen LogP contribution is 2.24. The van der Waals surface area contributed by atoms with Crippen LogP contribution >= 0.6 is 0 Å². The molecule has 1 unspecified atom stereocenters. The Morgan fingerprint density at radius 3 is 2.30 bits per heavy atom. The molecule has 0 aromatic heterocycles. The minimum Gasteiger partial charge on any atom is -0.323 e. The molecule has 0 saturated heterocycles. The molecule has 9 heteroatoms. The lowest BCUT2D eigenvalue weighted by Gasteiger charge is -2.15. The molecular weight excluding hydrogens is 302 g/mol. The van der Waals surface area contributed by atoms with Crippen LogP contribution in [0.4, 0.5) is 5.69 Å². The first-order valence-electron chi connectivity index (χ1n) is 5.95. The van der Waals surface area contributed by atoms with Crippen molar-refractivity contribution in [2.75, 3.05) is 11.7 Å². The van der Waals surface area contributed by atoms with E-state index in [2.05, 4.69) is 10.1 Å². The largest absolute Gasteiger partial charge is 0.323 e. The number of rotatable bonds is 6. The third-order valence-electron chi connectivity index (χ3n) is 2.79. The minimum absolute atomic E-state index is 0.0824. The molecule has 1 aromatic rings. The number of benzene rings is 1. The summed E-state index contributed by atoms with van der Waals surface area (Å²) >= 11 is 0. The summed E-state index contributed by atoms with van der Waals surface area (Å²) in [7, 11) is -7.36. The highest BCUT2D eigenvalue weighted by molar-refractivity contribution is 7.91. The SMILES string of the molecule is CCC(C)NS(=O)(=O)c1cc(S(C)(=O)=O)ccc1NN. The van der Waals surface area contributed by atoms with Gasteiger partial charge in [-0.2, -0.15) is 0 Å². The van der Waals surface area contributed by atoms with E-state index >= 15 is 0 Å². The Balaban J connectivity index is 3.41. The fourth-order valence-corrected chi connectivity index (χ4v) is 3.73. The first kappa shape index (κ1) is 16.9. The Labute approximate surface area is 119 Å². The second-order valence-corrected chi connectivity index (χ2v) is 8.20. The maximum Gasteiger partial charge on any atom is 0.242 e. The van der Waals surface area contributed by atoms with Crippen LogP contribution in [0.2, 0.25) is 0 Å². The molecule has 1 aromatic carbocycles. The average Bonchev–Trinajstić information content (AvgIpc) is 2.36. The smallest absolute Gasteiger partial charge is 0.242 e. The monoisotopic (exact) mass is 321 g/mol. The van der Waals surface area contributed by atoms with E-state index in [0.717, 1.165) is 12.3 Å². The minimum atomic E-state index is -3.85. The predicted octanol–water partition coefficient (Wildman–Crippen LogP) is 0.453. The topological polar surface area (TPSA) is 118 Å². The van der Waals surface area contributed by atoms with Crippen LogP contribution in [-0.4, -0.2) is 29.1 Å². The van der Waals surface area contributed by atoms with Gasteiger partial charge in [0.25, 0.3) is 0 Å². The van der Waals surface area contributed by atoms with Gasteiger partial charge in [-0.25, -0.2) is 21.6 Å². The molecule has 0 aliphatic heterocycles. The van der Waals surface area contributed by atoms with Crippen LogP contribution in [-0.2, 0) is 19.9 Å². The van der Waals surface area contributed by atoms with Crippen molar-refractivity contribution in [1.29, 1.82) is 0 Å². The van der Waals surface area contributed by atoms with E-state index in [9.17, 15) is 16.8 Å². The van der Waals surface area contributed by atoms with E-state index in [-0.39, 0.29) is 21.5 Å². The summed E-state index contributed by atoms with van der Waals surface area (Å²) in [5.74, 6) is 5.28. The molecule has 1 atom stereocenters. The molecule has 0 amide bonds. The Bertz CT molecular complexity index is 684. The van der Waals surface area contributed by atoms with E-state index in [1.165, 1.54) is 12.1 Å². The van der Waals surface area contributed by atoms with Gasteiger partial charge in [-0.05, 0) is 31.5 Å². The molecule has 0 bridgehead atoms. The lowest BCUT2D eigenvalue weighted by atomic mass is 10.3. The van der Waals surface area contributed by atoms with Crippen molar-refractivity contribution in [3.8, 4) is 0 Å². The number of hydrazine groups is 1. The van der Waals surface area contributed by atoms with Gasteiger partial charge in [0.05, 0.1) is 10.6 Å². The fourth-order valence-electron chi connectivity index (χ4n) is 1.49. The molecule has 0 fully saturated rings. The Kier molecular flexibility index (Phi) is 5.14. The molecule has 0 radical (unpaired) electrons. The predicted molar refractivity (Wildman–Crippen MR) is 77.4 cm³/mol. The Hall–Kier alpha value is -1.16. The molecule has 0 spiro atoms. The van der Waals surface area contributed by atoms with Gasteiger partial charge in [-0.3, -0.25) is 5.84 Å². The molecule has 0 aliphatic carbocycles. The summed E-state index contributed by atoms with van der Waals surface area (Å²) in [6.45, 7) is 3.55. The van der Waals surface area contributed by atoms with E-state index in [1.807, 2.05) is 6.92 Å². The van der Waals surface area contributed by atoms with Gasteiger partial charge >= 0.3 is 0 Å². The second-order valence-electron chi connectivity index (χ2n) is 4.51. The van der Waals surface area contributed by atoms with Gasteiger partial charge in [-0.15, -0.1) is 0 Å². The molecule has 0 saturated carbocycles. The molecule has 1 rings (SSSR count).